The molecule has 1 aromatic carbocycles. The van der Waals surface area contributed by atoms with E-state index in [-0.39, 0.29) is 6.04 Å². The molecule has 5 heteroatoms. The summed E-state index contributed by atoms with van der Waals surface area (Å²) in [4.78, 5) is 6.61. The van der Waals surface area contributed by atoms with E-state index in [4.69, 9.17) is 4.52 Å². The second-order valence-corrected chi connectivity index (χ2v) is 5.53. The fraction of sp³-hybridized carbons (Fsp3) is 0.200. The molecule has 2 heterocycles. The molecule has 4 nitrogen and oxygen atoms in total. The molecule has 0 amide bonds. The minimum Gasteiger partial charge on any atom is -0.337 e. The molecule has 3 aromatic rings. The molecule has 0 saturated heterocycles. The van der Waals surface area contributed by atoms with Gasteiger partial charge < -0.3 is 4.52 Å². The third-order valence-corrected chi connectivity index (χ3v) is 3.77. The van der Waals surface area contributed by atoms with E-state index in [9.17, 15) is 0 Å². The lowest BCUT2D eigenvalue weighted by Crippen LogP contribution is -2.21. The molecule has 0 aliphatic rings. The standard InChI is InChI=1S/C15H15N3OS/c1-18(2)13(11-6-4-3-5-7-11)15-16-14(17-19-15)12-8-9-20-10-12/h3-10,13H,1-2H3/t13-/m0/s1. The molecule has 20 heavy (non-hydrogen) atoms. The number of aromatic nitrogens is 2. The van der Waals surface area contributed by atoms with Gasteiger partial charge >= 0.3 is 0 Å². The largest absolute Gasteiger partial charge is 0.337 e. The highest BCUT2D eigenvalue weighted by atomic mass is 32.1. The highest BCUT2D eigenvalue weighted by molar-refractivity contribution is 7.08. The van der Waals surface area contributed by atoms with Crippen LogP contribution in [0.2, 0.25) is 0 Å². The summed E-state index contributed by atoms with van der Waals surface area (Å²) in [5.74, 6) is 1.26. The lowest BCUT2D eigenvalue weighted by molar-refractivity contribution is 0.261. The molecule has 102 valence electrons. The zero-order chi connectivity index (χ0) is 13.9. The Hall–Kier alpha value is -1.98. The van der Waals surface area contributed by atoms with Crippen molar-refractivity contribution in [3.8, 4) is 11.4 Å². The third kappa shape index (κ3) is 2.50. The Morgan fingerprint density at radius 2 is 1.95 bits per heavy atom. The van der Waals surface area contributed by atoms with Gasteiger partial charge in [0.1, 0.15) is 6.04 Å². The van der Waals surface area contributed by atoms with Crippen LogP contribution in [0.5, 0.6) is 0 Å². The number of thiophene rings is 1. The van der Waals surface area contributed by atoms with Crippen LogP contribution in [0.3, 0.4) is 0 Å². The Labute approximate surface area is 121 Å². The summed E-state index contributed by atoms with van der Waals surface area (Å²) in [5, 5.41) is 8.10. The molecular formula is C15H15N3OS. The second-order valence-electron chi connectivity index (χ2n) is 4.75. The molecule has 1 atom stereocenters. The molecular weight excluding hydrogens is 270 g/mol. The lowest BCUT2D eigenvalue weighted by atomic mass is 10.1. The van der Waals surface area contributed by atoms with Crippen molar-refractivity contribution in [3.05, 3.63) is 58.6 Å². The zero-order valence-corrected chi connectivity index (χ0v) is 12.2. The monoisotopic (exact) mass is 285 g/mol. The minimum atomic E-state index is -0.0314. The van der Waals surface area contributed by atoms with Gasteiger partial charge in [-0.05, 0) is 31.1 Å². The van der Waals surface area contributed by atoms with E-state index < -0.39 is 0 Å². The first-order valence-corrected chi connectivity index (χ1v) is 7.27. The van der Waals surface area contributed by atoms with E-state index in [0.717, 1.165) is 11.1 Å². The second kappa shape index (κ2) is 5.56. The van der Waals surface area contributed by atoms with Crippen molar-refractivity contribution in [3.63, 3.8) is 0 Å². The van der Waals surface area contributed by atoms with Crippen molar-refractivity contribution in [2.24, 2.45) is 0 Å². The molecule has 0 unspecified atom stereocenters. The minimum absolute atomic E-state index is 0.0314. The topological polar surface area (TPSA) is 42.2 Å². The first-order chi connectivity index (χ1) is 9.75. The first-order valence-electron chi connectivity index (χ1n) is 6.33. The van der Waals surface area contributed by atoms with Crippen LogP contribution in [0, 0.1) is 0 Å². The molecule has 2 aromatic heterocycles. The summed E-state index contributed by atoms with van der Waals surface area (Å²) in [6.45, 7) is 0. The number of nitrogens with zero attached hydrogens (tertiary/aromatic N) is 3. The summed E-state index contributed by atoms with van der Waals surface area (Å²) in [6.07, 6.45) is 0. The smallest absolute Gasteiger partial charge is 0.248 e. The van der Waals surface area contributed by atoms with E-state index in [1.54, 1.807) is 11.3 Å². The van der Waals surface area contributed by atoms with Crippen molar-refractivity contribution >= 4 is 11.3 Å². The highest BCUT2D eigenvalue weighted by Crippen LogP contribution is 2.27. The maximum atomic E-state index is 5.47. The fourth-order valence-electron chi connectivity index (χ4n) is 2.15. The molecule has 0 N–H and O–H groups in total. The van der Waals surface area contributed by atoms with Crippen molar-refractivity contribution < 1.29 is 4.52 Å². The molecule has 0 aliphatic carbocycles. The van der Waals surface area contributed by atoms with Crippen molar-refractivity contribution in [2.75, 3.05) is 14.1 Å². The average molecular weight is 285 g/mol. The predicted molar refractivity (Wildman–Crippen MR) is 79.6 cm³/mol. The summed E-state index contributed by atoms with van der Waals surface area (Å²) in [7, 11) is 4.01. The van der Waals surface area contributed by atoms with Gasteiger partial charge in [-0.1, -0.05) is 35.5 Å². The summed E-state index contributed by atoms with van der Waals surface area (Å²) >= 11 is 1.62. The van der Waals surface area contributed by atoms with Gasteiger partial charge in [0, 0.05) is 10.9 Å². The van der Waals surface area contributed by atoms with Gasteiger partial charge in [0.25, 0.3) is 0 Å². The van der Waals surface area contributed by atoms with Crippen LogP contribution in [-0.2, 0) is 0 Å². The van der Waals surface area contributed by atoms with Gasteiger partial charge in [0.2, 0.25) is 11.7 Å². The molecule has 0 fully saturated rings. The Bertz CT molecular complexity index is 662. The van der Waals surface area contributed by atoms with Gasteiger partial charge in [0.15, 0.2) is 0 Å². The summed E-state index contributed by atoms with van der Waals surface area (Å²) in [6, 6.07) is 12.1. The molecule has 0 aliphatic heterocycles. The fourth-order valence-corrected chi connectivity index (χ4v) is 2.79. The summed E-state index contributed by atoms with van der Waals surface area (Å²) < 4.78 is 5.47. The predicted octanol–water partition coefficient (Wildman–Crippen LogP) is 3.45. The van der Waals surface area contributed by atoms with Gasteiger partial charge in [-0.3, -0.25) is 4.90 Å². The van der Waals surface area contributed by atoms with Crippen LogP contribution in [0.25, 0.3) is 11.4 Å². The quantitative estimate of drug-likeness (QED) is 0.736. The Kier molecular flexibility index (Phi) is 3.62. The molecule has 0 saturated carbocycles. The maximum absolute atomic E-state index is 5.47. The Morgan fingerprint density at radius 3 is 2.60 bits per heavy atom. The SMILES string of the molecule is CN(C)[C@@H](c1ccccc1)c1nc(-c2ccsc2)no1. The third-order valence-electron chi connectivity index (χ3n) is 3.09. The van der Waals surface area contributed by atoms with Gasteiger partial charge in [-0.25, -0.2) is 0 Å². The van der Waals surface area contributed by atoms with E-state index >= 15 is 0 Å². The highest BCUT2D eigenvalue weighted by Gasteiger charge is 2.23. The molecule has 0 radical (unpaired) electrons. The van der Waals surface area contributed by atoms with E-state index in [1.807, 2.05) is 49.1 Å². The van der Waals surface area contributed by atoms with Gasteiger partial charge in [-0.15, -0.1) is 0 Å². The van der Waals surface area contributed by atoms with Gasteiger partial charge in [-0.2, -0.15) is 16.3 Å². The van der Waals surface area contributed by atoms with Crippen LogP contribution in [0.15, 0.2) is 51.7 Å². The number of hydrogen-bond acceptors (Lipinski definition) is 5. The van der Waals surface area contributed by atoms with Crippen molar-refractivity contribution in [1.82, 2.24) is 15.0 Å². The van der Waals surface area contributed by atoms with Crippen LogP contribution in [0.4, 0.5) is 0 Å². The van der Waals surface area contributed by atoms with Crippen molar-refractivity contribution in [1.29, 1.82) is 0 Å². The van der Waals surface area contributed by atoms with E-state index in [2.05, 4.69) is 27.2 Å². The Balaban J connectivity index is 1.97. The average Bonchev–Trinajstić information content (AvgIpc) is 3.10. The summed E-state index contributed by atoms with van der Waals surface area (Å²) in [5.41, 5.74) is 2.13. The van der Waals surface area contributed by atoms with E-state index in [1.165, 1.54) is 0 Å². The van der Waals surface area contributed by atoms with Crippen molar-refractivity contribution in [2.45, 2.75) is 6.04 Å². The number of benzene rings is 1. The number of rotatable bonds is 4. The molecule has 3 rings (SSSR count). The number of hydrogen-bond donors (Lipinski definition) is 0. The first kappa shape index (κ1) is 13.0. The molecule has 0 spiro atoms. The van der Waals surface area contributed by atoms with Crippen LogP contribution in [-0.4, -0.2) is 29.1 Å². The Morgan fingerprint density at radius 1 is 1.15 bits per heavy atom. The van der Waals surface area contributed by atoms with E-state index in [0.29, 0.717) is 11.7 Å². The van der Waals surface area contributed by atoms with Gasteiger partial charge in [0.05, 0.1) is 0 Å². The van der Waals surface area contributed by atoms with Crippen LogP contribution < -0.4 is 0 Å². The lowest BCUT2D eigenvalue weighted by Gasteiger charge is -2.20. The molecule has 0 bridgehead atoms. The van der Waals surface area contributed by atoms with Crippen LogP contribution in [0.1, 0.15) is 17.5 Å². The maximum Gasteiger partial charge on any atom is 0.248 e. The normalized spacial score (nSPS) is 12.8. The van der Waals surface area contributed by atoms with Crippen LogP contribution >= 0.6 is 11.3 Å². The zero-order valence-electron chi connectivity index (χ0n) is 11.4.